The van der Waals surface area contributed by atoms with Crippen LogP contribution in [0.15, 0.2) is 39.9 Å². The molecule has 1 atom stereocenters. The number of thiophene rings is 1. The Morgan fingerprint density at radius 2 is 2.04 bits per heavy atom. The van der Waals surface area contributed by atoms with Crippen molar-refractivity contribution < 1.29 is 22.7 Å². The smallest absolute Gasteiger partial charge is 0.338 e. The van der Waals surface area contributed by atoms with Gasteiger partial charge in [0.2, 0.25) is 5.91 Å². The molecular weight excluding hydrogens is 400 g/mol. The number of rotatable bonds is 5. The second-order valence-electron chi connectivity index (χ2n) is 6.59. The van der Waals surface area contributed by atoms with Crippen LogP contribution in [0.25, 0.3) is 0 Å². The van der Waals surface area contributed by atoms with Crippen LogP contribution in [0.4, 0.5) is 5.69 Å². The highest BCUT2D eigenvalue weighted by atomic mass is 32.2. The molecule has 0 saturated carbocycles. The second kappa shape index (κ2) is 8.42. The third kappa shape index (κ3) is 4.11. The Morgan fingerprint density at radius 1 is 1.25 bits per heavy atom. The average molecular weight is 423 g/mol. The maximum Gasteiger partial charge on any atom is 0.338 e. The van der Waals surface area contributed by atoms with E-state index >= 15 is 0 Å². The highest BCUT2D eigenvalue weighted by molar-refractivity contribution is 7.91. The Morgan fingerprint density at radius 3 is 2.71 bits per heavy atom. The lowest BCUT2D eigenvalue weighted by Crippen LogP contribution is -2.43. The second-order valence-corrected chi connectivity index (χ2v) is 9.71. The summed E-state index contributed by atoms with van der Waals surface area (Å²) in [4.78, 5) is 24.6. The van der Waals surface area contributed by atoms with E-state index in [9.17, 15) is 18.0 Å². The molecule has 3 rings (SSSR count). The van der Waals surface area contributed by atoms with Crippen molar-refractivity contribution in [2.24, 2.45) is 5.92 Å². The number of hydrogen-bond donors (Lipinski definition) is 1. The van der Waals surface area contributed by atoms with Gasteiger partial charge in [0.15, 0.2) is 0 Å². The van der Waals surface area contributed by atoms with Gasteiger partial charge < -0.3 is 10.1 Å². The monoisotopic (exact) mass is 422 g/mol. The Hall–Kier alpha value is -2.23. The van der Waals surface area contributed by atoms with E-state index in [1.165, 1.54) is 22.8 Å². The molecule has 0 spiro atoms. The molecule has 0 aliphatic carbocycles. The Kier molecular flexibility index (Phi) is 6.17. The van der Waals surface area contributed by atoms with E-state index < -0.39 is 21.9 Å². The molecule has 1 N–H and O–H groups in total. The number of carbonyl (C=O) groups is 2. The van der Waals surface area contributed by atoms with Crippen LogP contribution in [0.2, 0.25) is 0 Å². The van der Waals surface area contributed by atoms with Gasteiger partial charge in [-0.2, -0.15) is 4.31 Å². The first-order valence-electron chi connectivity index (χ1n) is 8.87. The van der Waals surface area contributed by atoms with Crippen LogP contribution in [-0.4, -0.2) is 44.8 Å². The minimum absolute atomic E-state index is 0.141. The summed E-state index contributed by atoms with van der Waals surface area (Å²) in [5.74, 6) is -1.18. The molecule has 9 heteroatoms. The van der Waals surface area contributed by atoms with Crippen molar-refractivity contribution in [1.82, 2.24) is 4.31 Å². The normalized spacial score (nSPS) is 17.9. The molecule has 1 aromatic carbocycles. The zero-order valence-electron chi connectivity index (χ0n) is 15.7. The highest BCUT2D eigenvalue weighted by Crippen LogP contribution is 2.28. The fourth-order valence-corrected chi connectivity index (χ4v) is 5.92. The predicted molar refractivity (Wildman–Crippen MR) is 107 cm³/mol. The molecule has 2 aromatic rings. The number of amides is 1. The minimum Gasteiger partial charge on any atom is -0.465 e. The molecule has 1 aromatic heterocycles. The van der Waals surface area contributed by atoms with E-state index in [2.05, 4.69) is 5.32 Å². The lowest BCUT2D eigenvalue weighted by Gasteiger charge is -2.31. The van der Waals surface area contributed by atoms with E-state index in [1.807, 2.05) is 0 Å². The van der Waals surface area contributed by atoms with Crippen LogP contribution in [0.3, 0.4) is 0 Å². The Labute approximate surface area is 168 Å². The van der Waals surface area contributed by atoms with Crippen molar-refractivity contribution in [3.05, 3.63) is 46.8 Å². The molecule has 150 valence electrons. The third-order valence-electron chi connectivity index (χ3n) is 4.84. The number of anilines is 1. The number of carbonyl (C=O) groups excluding carboxylic acids is 2. The summed E-state index contributed by atoms with van der Waals surface area (Å²) < 4.78 is 31.9. The fourth-order valence-electron chi connectivity index (χ4n) is 3.25. The van der Waals surface area contributed by atoms with Crippen LogP contribution in [0.1, 0.15) is 28.8 Å². The van der Waals surface area contributed by atoms with E-state index in [0.29, 0.717) is 36.2 Å². The molecule has 1 aliphatic rings. The molecule has 28 heavy (non-hydrogen) atoms. The summed E-state index contributed by atoms with van der Waals surface area (Å²) in [6.45, 7) is 2.28. The summed E-state index contributed by atoms with van der Waals surface area (Å²) in [5.41, 5.74) is 1.51. The molecule has 1 saturated heterocycles. The highest BCUT2D eigenvalue weighted by Gasteiger charge is 2.34. The van der Waals surface area contributed by atoms with Gasteiger partial charge in [0.05, 0.1) is 18.6 Å². The Balaban J connectivity index is 1.74. The predicted octanol–water partition coefficient (Wildman–Crippen LogP) is 2.88. The molecule has 0 unspecified atom stereocenters. The van der Waals surface area contributed by atoms with Gasteiger partial charge in [0.1, 0.15) is 4.21 Å². The zero-order valence-corrected chi connectivity index (χ0v) is 17.3. The number of hydrogen-bond acceptors (Lipinski definition) is 6. The van der Waals surface area contributed by atoms with Gasteiger partial charge in [-0.25, -0.2) is 13.2 Å². The number of piperidine rings is 1. The van der Waals surface area contributed by atoms with Gasteiger partial charge in [-0.15, -0.1) is 11.3 Å². The van der Waals surface area contributed by atoms with E-state index in [0.717, 1.165) is 0 Å². The topological polar surface area (TPSA) is 92.8 Å². The van der Waals surface area contributed by atoms with Crippen molar-refractivity contribution in [3.8, 4) is 0 Å². The standard InChI is InChI=1S/C19H22N2O5S2/c1-13-15(19(23)26-2)7-3-8-16(13)20-18(22)14-6-4-10-21(12-14)28(24,25)17-9-5-11-27-17/h3,5,7-9,11,14H,4,6,10,12H2,1-2H3,(H,20,22)/t14-/m0/s1. The van der Waals surface area contributed by atoms with Crippen molar-refractivity contribution in [2.75, 3.05) is 25.5 Å². The molecule has 2 heterocycles. The summed E-state index contributed by atoms with van der Waals surface area (Å²) in [5, 5.41) is 4.56. The van der Waals surface area contributed by atoms with Crippen LogP contribution in [-0.2, 0) is 19.6 Å². The quantitative estimate of drug-likeness (QED) is 0.748. The van der Waals surface area contributed by atoms with Crippen LogP contribution in [0, 0.1) is 12.8 Å². The number of benzene rings is 1. The Bertz CT molecular complexity index is 970. The van der Waals surface area contributed by atoms with Gasteiger partial charge in [-0.3, -0.25) is 4.79 Å². The molecule has 0 radical (unpaired) electrons. The van der Waals surface area contributed by atoms with Crippen molar-refractivity contribution in [3.63, 3.8) is 0 Å². The van der Waals surface area contributed by atoms with Crippen LogP contribution < -0.4 is 5.32 Å². The third-order valence-corrected chi connectivity index (χ3v) is 8.08. The van der Waals surface area contributed by atoms with Gasteiger partial charge in [0.25, 0.3) is 10.0 Å². The van der Waals surface area contributed by atoms with Gasteiger partial charge >= 0.3 is 5.97 Å². The summed E-state index contributed by atoms with van der Waals surface area (Å²) in [6.07, 6.45) is 1.22. The first-order chi connectivity index (χ1) is 13.3. The van der Waals surface area contributed by atoms with E-state index in [-0.39, 0.29) is 16.7 Å². The molecule has 0 bridgehead atoms. The number of methoxy groups -OCH3 is 1. The lowest BCUT2D eigenvalue weighted by molar-refractivity contribution is -0.120. The number of nitrogens with zero attached hydrogens (tertiary/aromatic N) is 1. The van der Waals surface area contributed by atoms with Crippen LogP contribution >= 0.6 is 11.3 Å². The zero-order chi connectivity index (χ0) is 20.3. The minimum atomic E-state index is -3.58. The maximum atomic E-state index is 12.8. The number of nitrogens with one attached hydrogen (secondary N) is 1. The SMILES string of the molecule is COC(=O)c1cccc(NC(=O)[C@H]2CCCN(S(=O)(=O)c3cccs3)C2)c1C. The fraction of sp³-hybridized carbons (Fsp3) is 0.368. The first-order valence-corrected chi connectivity index (χ1v) is 11.2. The van der Waals surface area contributed by atoms with Crippen molar-refractivity contribution >= 4 is 38.9 Å². The van der Waals surface area contributed by atoms with Gasteiger partial charge in [-0.05, 0) is 48.9 Å². The summed E-state index contributed by atoms with van der Waals surface area (Å²) in [6, 6.07) is 8.28. The average Bonchev–Trinajstić information content (AvgIpc) is 3.25. The van der Waals surface area contributed by atoms with E-state index in [1.54, 1.807) is 42.6 Å². The van der Waals surface area contributed by atoms with Gasteiger partial charge in [-0.1, -0.05) is 12.1 Å². The molecule has 1 amide bonds. The molecule has 7 nitrogen and oxygen atoms in total. The number of sulfonamides is 1. The lowest BCUT2D eigenvalue weighted by atomic mass is 9.98. The van der Waals surface area contributed by atoms with Crippen molar-refractivity contribution in [1.29, 1.82) is 0 Å². The summed E-state index contributed by atoms with van der Waals surface area (Å²) >= 11 is 1.17. The number of ether oxygens (including phenoxy) is 1. The van der Waals surface area contributed by atoms with Crippen molar-refractivity contribution in [2.45, 2.75) is 24.0 Å². The van der Waals surface area contributed by atoms with E-state index in [4.69, 9.17) is 4.74 Å². The molecular formula is C19H22N2O5S2. The summed E-state index contributed by atoms with van der Waals surface area (Å²) in [7, 11) is -2.27. The number of esters is 1. The first kappa shape index (κ1) is 20.5. The van der Waals surface area contributed by atoms with Gasteiger partial charge in [0, 0.05) is 18.8 Å². The maximum absolute atomic E-state index is 12.8. The largest absolute Gasteiger partial charge is 0.465 e. The molecule has 1 fully saturated rings. The molecule has 1 aliphatic heterocycles. The van der Waals surface area contributed by atoms with Crippen LogP contribution in [0.5, 0.6) is 0 Å².